The number of hydrogen-bond acceptors (Lipinski definition) is 7. The third-order valence-corrected chi connectivity index (χ3v) is 5.67. The second-order valence-electron chi connectivity index (χ2n) is 7.28. The minimum atomic E-state index is -0.378. The first-order valence-corrected chi connectivity index (χ1v) is 8.95. The summed E-state index contributed by atoms with van der Waals surface area (Å²) in [5.41, 5.74) is 0.185. The Morgan fingerprint density at radius 2 is 1.81 bits per heavy atom. The second-order valence-corrected chi connectivity index (χ2v) is 7.28. The van der Waals surface area contributed by atoms with E-state index in [0.29, 0.717) is 17.7 Å². The quantitative estimate of drug-likeness (QED) is 0.681. The fraction of sp³-hybridized carbons (Fsp3) is 0.389. The molecule has 3 aromatic heterocycles. The van der Waals surface area contributed by atoms with Crippen molar-refractivity contribution in [2.75, 3.05) is 36.0 Å². The van der Waals surface area contributed by atoms with Gasteiger partial charge in [-0.15, -0.1) is 0 Å². The van der Waals surface area contributed by atoms with Crippen LogP contribution < -0.4 is 21.0 Å². The average molecular weight is 365 g/mol. The third-order valence-electron chi connectivity index (χ3n) is 5.67. The van der Waals surface area contributed by atoms with Crippen molar-refractivity contribution in [3.8, 4) is 0 Å². The highest BCUT2D eigenvalue weighted by Crippen LogP contribution is 2.36. The van der Waals surface area contributed by atoms with Crippen LogP contribution in [-0.2, 0) is 7.05 Å². The summed E-state index contributed by atoms with van der Waals surface area (Å²) in [5, 5.41) is 1.01. The van der Waals surface area contributed by atoms with Crippen molar-refractivity contribution >= 4 is 22.5 Å². The Balaban J connectivity index is 1.38. The number of anilines is 2. The van der Waals surface area contributed by atoms with Crippen LogP contribution in [0.2, 0.25) is 0 Å². The molecular weight excluding hydrogens is 346 g/mol. The van der Waals surface area contributed by atoms with Gasteiger partial charge in [0.1, 0.15) is 18.0 Å². The zero-order valence-electron chi connectivity index (χ0n) is 14.9. The van der Waals surface area contributed by atoms with Crippen LogP contribution in [0.15, 0.2) is 40.4 Å². The third kappa shape index (κ3) is 2.57. The molecule has 2 aliphatic heterocycles. The average Bonchev–Trinajstić information content (AvgIpc) is 3.24. The summed E-state index contributed by atoms with van der Waals surface area (Å²) in [6.07, 6.45) is 5.11. The molecule has 2 saturated heterocycles. The van der Waals surface area contributed by atoms with Crippen molar-refractivity contribution in [2.24, 2.45) is 18.9 Å². The Hall–Kier alpha value is -3.23. The lowest BCUT2D eigenvalue weighted by Crippen LogP contribution is -2.36. The van der Waals surface area contributed by atoms with Crippen molar-refractivity contribution in [2.45, 2.75) is 0 Å². The second kappa shape index (κ2) is 5.90. The van der Waals surface area contributed by atoms with Crippen molar-refractivity contribution < 1.29 is 0 Å². The summed E-state index contributed by atoms with van der Waals surface area (Å²) in [6.45, 7) is 3.42. The number of hydrogen-bond donors (Lipinski definition) is 1. The highest BCUT2D eigenvalue weighted by Gasteiger charge is 2.41. The van der Waals surface area contributed by atoms with Crippen LogP contribution in [0.4, 0.5) is 11.6 Å². The fourth-order valence-electron chi connectivity index (χ4n) is 4.22. The molecule has 0 aromatic carbocycles. The van der Waals surface area contributed by atoms with Gasteiger partial charge in [0.2, 0.25) is 0 Å². The Kier molecular flexibility index (Phi) is 3.49. The first kappa shape index (κ1) is 16.0. The van der Waals surface area contributed by atoms with Crippen molar-refractivity contribution in [3.05, 3.63) is 51.7 Å². The van der Waals surface area contributed by atoms with E-state index < -0.39 is 0 Å². The van der Waals surface area contributed by atoms with Crippen LogP contribution >= 0.6 is 0 Å². The predicted molar refractivity (Wildman–Crippen MR) is 101 cm³/mol. The zero-order chi connectivity index (χ0) is 18.5. The lowest BCUT2D eigenvalue weighted by Gasteiger charge is -2.24. The minimum Gasteiger partial charge on any atom is -0.357 e. The molecule has 2 atom stereocenters. The summed E-state index contributed by atoms with van der Waals surface area (Å²) >= 11 is 0. The SMILES string of the molecule is Cn1c(=O)cc(N2CC3CN(c4ncnc5cnccc45)CC3C2)[nH]c1=O. The van der Waals surface area contributed by atoms with E-state index in [4.69, 9.17) is 0 Å². The molecule has 5 heterocycles. The molecule has 0 bridgehead atoms. The van der Waals surface area contributed by atoms with Gasteiger partial charge < -0.3 is 9.80 Å². The monoisotopic (exact) mass is 365 g/mol. The Morgan fingerprint density at radius 1 is 1.07 bits per heavy atom. The molecule has 2 unspecified atom stereocenters. The van der Waals surface area contributed by atoms with Crippen LogP contribution in [0.25, 0.3) is 10.9 Å². The van der Waals surface area contributed by atoms with Gasteiger partial charge in [-0.25, -0.2) is 14.8 Å². The Morgan fingerprint density at radius 3 is 2.56 bits per heavy atom. The molecule has 2 aliphatic rings. The normalized spacial score (nSPS) is 21.8. The highest BCUT2D eigenvalue weighted by atomic mass is 16.2. The summed E-state index contributed by atoms with van der Waals surface area (Å²) < 4.78 is 1.08. The van der Waals surface area contributed by atoms with Gasteiger partial charge in [-0.1, -0.05) is 0 Å². The molecule has 27 heavy (non-hydrogen) atoms. The Labute approximate surface area is 154 Å². The van der Waals surface area contributed by atoms with Crippen molar-refractivity contribution in [1.29, 1.82) is 0 Å². The predicted octanol–water partition coefficient (Wildman–Crippen LogP) is -0.0156. The summed E-state index contributed by atoms with van der Waals surface area (Å²) in [5.74, 6) is 2.49. The Bertz CT molecular complexity index is 1090. The number of aromatic amines is 1. The molecule has 3 aromatic rings. The van der Waals surface area contributed by atoms with E-state index in [1.165, 1.54) is 13.1 Å². The molecule has 0 aliphatic carbocycles. The summed E-state index contributed by atoms with van der Waals surface area (Å²) in [7, 11) is 1.48. The molecule has 9 nitrogen and oxygen atoms in total. The first-order chi connectivity index (χ1) is 13.1. The van der Waals surface area contributed by atoms with Gasteiger partial charge in [-0.3, -0.25) is 19.3 Å². The smallest absolute Gasteiger partial charge is 0.329 e. The number of nitrogens with one attached hydrogen (secondary N) is 1. The molecule has 138 valence electrons. The number of fused-ring (bicyclic) bond motifs is 2. The van der Waals surface area contributed by atoms with E-state index in [9.17, 15) is 9.59 Å². The maximum atomic E-state index is 11.9. The van der Waals surface area contributed by atoms with Gasteiger partial charge in [0, 0.05) is 62.7 Å². The number of aromatic nitrogens is 5. The molecular formula is C18H19N7O2. The van der Waals surface area contributed by atoms with Gasteiger partial charge in [-0.05, 0) is 6.07 Å². The van der Waals surface area contributed by atoms with Crippen LogP contribution in [0.3, 0.4) is 0 Å². The molecule has 0 amide bonds. The van der Waals surface area contributed by atoms with Crippen LogP contribution in [0, 0.1) is 11.8 Å². The molecule has 5 rings (SSSR count). The molecule has 2 fully saturated rings. The topological polar surface area (TPSA) is 100 Å². The van der Waals surface area contributed by atoms with E-state index in [-0.39, 0.29) is 11.2 Å². The molecule has 9 heteroatoms. The number of pyridine rings is 1. The van der Waals surface area contributed by atoms with Crippen LogP contribution in [-0.4, -0.2) is 50.7 Å². The van der Waals surface area contributed by atoms with E-state index in [2.05, 4.69) is 29.7 Å². The van der Waals surface area contributed by atoms with Gasteiger partial charge in [0.25, 0.3) is 5.56 Å². The molecule has 1 N–H and O–H groups in total. The summed E-state index contributed by atoms with van der Waals surface area (Å²) in [6, 6.07) is 3.46. The van der Waals surface area contributed by atoms with Gasteiger partial charge in [0.05, 0.1) is 11.7 Å². The lowest BCUT2D eigenvalue weighted by atomic mass is 10.0. The van der Waals surface area contributed by atoms with Crippen LogP contribution in [0.5, 0.6) is 0 Å². The molecule has 0 saturated carbocycles. The van der Waals surface area contributed by atoms with Gasteiger partial charge >= 0.3 is 5.69 Å². The van der Waals surface area contributed by atoms with Gasteiger partial charge in [-0.2, -0.15) is 0 Å². The largest absolute Gasteiger partial charge is 0.357 e. The first-order valence-electron chi connectivity index (χ1n) is 8.95. The standard InChI is InChI=1S/C18H19N7O2/c1-23-16(26)4-15(22-18(23)27)24-6-11-8-25(9-12(11)7-24)17-13-2-3-19-5-14(13)20-10-21-17/h2-5,10-12H,6-9H2,1H3,(H,22,27). The van der Waals surface area contributed by atoms with Gasteiger partial charge in [0.15, 0.2) is 0 Å². The van der Waals surface area contributed by atoms with Crippen LogP contribution in [0.1, 0.15) is 0 Å². The number of H-pyrrole nitrogens is 1. The lowest BCUT2D eigenvalue weighted by molar-refractivity contribution is 0.533. The van der Waals surface area contributed by atoms with E-state index in [1.807, 2.05) is 6.07 Å². The van der Waals surface area contributed by atoms with E-state index in [0.717, 1.165) is 47.5 Å². The summed E-state index contributed by atoms with van der Waals surface area (Å²) in [4.78, 5) is 43.9. The van der Waals surface area contributed by atoms with E-state index >= 15 is 0 Å². The maximum Gasteiger partial charge on any atom is 0.329 e. The minimum absolute atomic E-state index is 0.284. The van der Waals surface area contributed by atoms with E-state index in [1.54, 1.807) is 18.7 Å². The van der Waals surface area contributed by atoms with Crippen molar-refractivity contribution in [1.82, 2.24) is 24.5 Å². The number of rotatable bonds is 2. The highest BCUT2D eigenvalue weighted by molar-refractivity contribution is 5.88. The molecule has 0 radical (unpaired) electrons. The maximum absolute atomic E-state index is 11.9. The van der Waals surface area contributed by atoms with Crippen molar-refractivity contribution in [3.63, 3.8) is 0 Å². The fourth-order valence-corrected chi connectivity index (χ4v) is 4.22. The molecule has 0 spiro atoms. The number of nitrogens with zero attached hydrogens (tertiary/aromatic N) is 6. The zero-order valence-corrected chi connectivity index (χ0v) is 14.9.